The number of fused-ring (bicyclic) bond motifs is 1. The van der Waals surface area contributed by atoms with Crippen molar-refractivity contribution in [3.05, 3.63) is 59.7 Å². The molecule has 0 aliphatic heterocycles. The first-order valence-corrected chi connectivity index (χ1v) is 8.56. The maximum Gasteiger partial charge on any atom is 0.319 e. The fraction of sp³-hybridized carbons (Fsp3) is 0.350. The largest absolute Gasteiger partial charge is 0.378 e. The summed E-state index contributed by atoms with van der Waals surface area (Å²) in [6.07, 6.45) is 4.41. The van der Waals surface area contributed by atoms with E-state index >= 15 is 0 Å². The van der Waals surface area contributed by atoms with Crippen LogP contribution in [0.4, 0.5) is 16.2 Å². The first-order valence-electron chi connectivity index (χ1n) is 8.56. The van der Waals surface area contributed by atoms with Crippen molar-refractivity contribution in [3.8, 4) is 0 Å². The Labute approximate surface area is 156 Å². The summed E-state index contributed by atoms with van der Waals surface area (Å²) in [5.74, 6) is 0. The molecule has 0 heterocycles. The monoisotopic (exact) mass is 359 g/mol. The molecule has 1 aliphatic carbocycles. The van der Waals surface area contributed by atoms with Gasteiger partial charge in [0.1, 0.15) is 0 Å². The summed E-state index contributed by atoms with van der Waals surface area (Å²) in [6, 6.07) is 16.2. The van der Waals surface area contributed by atoms with Crippen molar-refractivity contribution in [3.63, 3.8) is 0 Å². The zero-order valence-corrected chi connectivity index (χ0v) is 15.6. The normalized spacial score (nSPS) is 16.0. The fourth-order valence-electron chi connectivity index (χ4n) is 3.24. The van der Waals surface area contributed by atoms with E-state index in [1.807, 2.05) is 43.3 Å². The van der Waals surface area contributed by atoms with Crippen LogP contribution in [0.1, 0.15) is 36.4 Å². The van der Waals surface area contributed by atoms with Crippen LogP contribution < -0.4 is 15.5 Å². The van der Waals surface area contributed by atoms with Gasteiger partial charge in [-0.3, -0.25) is 0 Å². The first kappa shape index (κ1) is 19.1. The Morgan fingerprint density at radius 3 is 2.48 bits per heavy atom. The highest BCUT2D eigenvalue weighted by Gasteiger charge is 2.20. The summed E-state index contributed by atoms with van der Waals surface area (Å²) in [5.41, 5.74) is 4.53. The highest BCUT2D eigenvalue weighted by Crippen LogP contribution is 2.28. The van der Waals surface area contributed by atoms with E-state index in [1.165, 1.54) is 17.5 Å². The average Bonchev–Trinajstić information content (AvgIpc) is 2.78. The van der Waals surface area contributed by atoms with Crippen molar-refractivity contribution >= 4 is 29.8 Å². The second kappa shape index (κ2) is 8.77. The predicted molar refractivity (Wildman–Crippen MR) is 107 cm³/mol. The van der Waals surface area contributed by atoms with E-state index in [9.17, 15) is 4.79 Å². The van der Waals surface area contributed by atoms with Crippen LogP contribution in [0.3, 0.4) is 0 Å². The Hall–Kier alpha value is -2.20. The third-order valence-electron chi connectivity index (χ3n) is 4.57. The summed E-state index contributed by atoms with van der Waals surface area (Å²) in [7, 11) is 4.00. The van der Waals surface area contributed by atoms with Crippen molar-refractivity contribution < 1.29 is 4.79 Å². The van der Waals surface area contributed by atoms with Crippen molar-refractivity contribution in [2.24, 2.45) is 0 Å². The van der Waals surface area contributed by atoms with E-state index in [0.717, 1.165) is 30.6 Å². The third kappa shape index (κ3) is 4.89. The lowest BCUT2D eigenvalue weighted by atomic mass is 9.99. The molecule has 4 nitrogen and oxygen atoms in total. The number of urea groups is 1. The number of amides is 2. The Balaban J connectivity index is 0.00000225. The lowest BCUT2D eigenvalue weighted by Crippen LogP contribution is -2.32. The number of hydrogen-bond acceptors (Lipinski definition) is 2. The number of nitrogens with zero attached hydrogens (tertiary/aromatic N) is 1. The number of rotatable bonds is 3. The molecule has 1 atom stereocenters. The zero-order chi connectivity index (χ0) is 16.9. The molecule has 25 heavy (non-hydrogen) atoms. The van der Waals surface area contributed by atoms with Crippen LogP contribution in [0.2, 0.25) is 0 Å². The number of carbonyl (C=O) groups excluding carboxylic acids is 1. The van der Waals surface area contributed by atoms with Gasteiger partial charge in [-0.1, -0.05) is 30.7 Å². The molecule has 0 bridgehead atoms. The van der Waals surface area contributed by atoms with E-state index in [2.05, 4.69) is 34.9 Å². The van der Waals surface area contributed by atoms with Crippen molar-refractivity contribution in [1.82, 2.24) is 5.32 Å². The number of halogens is 1. The van der Waals surface area contributed by atoms with E-state index in [1.54, 1.807) is 0 Å². The van der Waals surface area contributed by atoms with E-state index < -0.39 is 0 Å². The number of carbonyl (C=O) groups is 1. The summed E-state index contributed by atoms with van der Waals surface area (Å²) < 4.78 is 0. The molecule has 0 aromatic heterocycles. The van der Waals surface area contributed by atoms with Gasteiger partial charge in [-0.25, -0.2) is 4.79 Å². The Morgan fingerprint density at radius 2 is 1.76 bits per heavy atom. The number of aryl methyl sites for hydroxylation is 1. The fourth-order valence-corrected chi connectivity index (χ4v) is 3.24. The smallest absolute Gasteiger partial charge is 0.319 e. The number of nitrogens with one attached hydrogen (secondary N) is 2. The molecule has 0 saturated heterocycles. The minimum Gasteiger partial charge on any atom is -0.378 e. The highest BCUT2D eigenvalue weighted by molar-refractivity contribution is 5.89. The van der Waals surface area contributed by atoms with Gasteiger partial charge in [0.2, 0.25) is 0 Å². The summed E-state index contributed by atoms with van der Waals surface area (Å²) in [5, 5.41) is 6.08. The lowest BCUT2D eigenvalue weighted by Gasteiger charge is -2.20. The maximum absolute atomic E-state index is 12.4. The molecule has 2 aromatic carbocycles. The maximum atomic E-state index is 12.4. The van der Waals surface area contributed by atoms with Crippen molar-refractivity contribution in [2.45, 2.75) is 31.7 Å². The van der Waals surface area contributed by atoms with Crippen LogP contribution in [-0.4, -0.2) is 20.1 Å². The van der Waals surface area contributed by atoms with Crippen LogP contribution >= 0.6 is 12.4 Å². The summed E-state index contributed by atoms with van der Waals surface area (Å²) >= 11 is 0. The zero-order valence-electron chi connectivity index (χ0n) is 14.8. The van der Waals surface area contributed by atoms with Gasteiger partial charge in [0.15, 0.2) is 0 Å². The molecule has 0 saturated carbocycles. The van der Waals surface area contributed by atoms with Gasteiger partial charge in [0, 0.05) is 25.5 Å². The molecule has 3 rings (SSSR count). The van der Waals surface area contributed by atoms with E-state index in [0.29, 0.717) is 0 Å². The van der Waals surface area contributed by atoms with Crippen LogP contribution in [0.15, 0.2) is 48.5 Å². The summed E-state index contributed by atoms with van der Waals surface area (Å²) in [4.78, 5) is 14.4. The van der Waals surface area contributed by atoms with Gasteiger partial charge >= 0.3 is 6.03 Å². The third-order valence-corrected chi connectivity index (χ3v) is 4.57. The molecule has 0 fully saturated rings. The van der Waals surface area contributed by atoms with Gasteiger partial charge in [0.05, 0.1) is 6.04 Å². The number of benzene rings is 2. The van der Waals surface area contributed by atoms with E-state index in [-0.39, 0.29) is 24.5 Å². The van der Waals surface area contributed by atoms with Crippen LogP contribution in [0, 0.1) is 0 Å². The van der Waals surface area contributed by atoms with Crippen molar-refractivity contribution in [1.29, 1.82) is 0 Å². The highest BCUT2D eigenvalue weighted by atomic mass is 35.5. The molecule has 134 valence electrons. The predicted octanol–water partition coefficient (Wildman–Crippen LogP) is 4.76. The van der Waals surface area contributed by atoms with Gasteiger partial charge in [-0.2, -0.15) is 0 Å². The molecular weight excluding hydrogens is 334 g/mol. The first-order chi connectivity index (χ1) is 11.6. The van der Waals surface area contributed by atoms with Gasteiger partial charge < -0.3 is 15.5 Å². The SMILES string of the molecule is CN(C)c1ccc(NC(=O)NC2CCCCc3ccccc32)cc1.Cl. The molecule has 1 unspecified atom stereocenters. The van der Waals surface area contributed by atoms with E-state index in [4.69, 9.17) is 0 Å². The lowest BCUT2D eigenvalue weighted by molar-refractivity contribution is 0.248. The van der Waals surface area contributed by atoms with Crippen LogP contribution in [0.5, 0.6) is 0 Å². The van der Waals surface area contributed by atoms with Crippen LogP contribution in [0.25, 0.3) is 0 Å². The minimum absolute atomic E-state index is 0. The topological polar surface area (TPSA) is 44.4 Å². The van der Waals surface area contributed by atoms with Crippen LogP contribution in [-0.2, 0) is 6.42 Å². The number of anilines is 2. The quantitative estimate of drug-likeness (QED) is 0.776. The second-order valence-corrected chi connectivity index (χ2v) is 6.54. The Bertz CT molecular complexity index is 700. The molecule has 0 spiro atoms. The molecular formula is C20H26ClN3O. The van der Waals surface area contributed by atoms with Gasteiger partial charge in [-0.05, 0) is 54.7 Å². The molecule has 0 radical (unpaired) electrons. The molecule has 1 aliphatic rings. The number of hydrogen-bond donors (Lipinski definition) is 2. The molecule has 2 aromatic rings. The van der Waals surface area contributed by atoms with Gasteiger partial charge in [0.25, 0.3) is 0 Å². The van der Waals surface area contributed by atoms with Gasteiger partial charge in [-0.15, -0.1) is 12.4 Å². The molecule has 5 heteroatoms. The molecule has 2 N–H and O–H groups in total. The molecule has 2 amide bonds. The van der Waals surface area contributed by atoms with Crippen molar-refractivity contribution in [2.75, 3.05) is 24.3 Å². The average molecular weight is 360 g/mol. The summed E-state index contributed by atoms with van der Waals surface area (Å²) in [6.45, 7) is 0. The second-order valence-electron chi connectivity index (χ2n) is 6.54. The minimum atomic E-state index is -0.144. The Kier molecular flexibility index (Phi) is 6.71. The Morgan fingerprint density at radius 1 is 1.04 bits per heavy atom. The standard InChI is InChI=1S/C20H25N3O.ClH/c1-23(2)17-13-11-16(12-14-17)21-20(24)22-19-10-6-4-8-15-7-3-5-9-18(15)19;/h3,5,7,9,11-14,19H,4,6,8,10H2,1-2H3,(H2,21,22,24);1H.